The predicted octanol–water partition coefficient (Wildman–Crippen LogP) is -2.02. The van der Waals surface area contributed by atoms with Gasteiger partial charge in [0.15, 0.2) is 0 Å². The standard InChI is InChI=1S/C10H17N3O7/c11-1-2-12-13-9(20)10(3-6(14)15,4-7(16)17)5-8(18)19/h12H,1-5,11H2,(H,13,20)(H,14,15)(H,16,17)(H,18,19). The van der Waals surface area contributed by atoms with Crippen LogP contribution in [0.1, 0.15) is 19.3 Å². The molecule has 0 radical (unpaired) electrons. The van der Waals surface area contributed by atoms with E-state index in [-0.39, 0.29) is 13.1 Å². The number of hydrogen-bond donors (Lipinski definition) is 6. The Morgan fingerprint density at radius 1 is 0.900 bits per heavy atom. The van der Waals surface area contributed by atoms with Gasteiger partial charge in [0.2, 0.25) is 5.91 Å². The largest absolute Gasteiger partial charge is 0.481 e. The Kier molecular flexibility index (Phi) is 7.18. The minimum atomic E-state index is -2.08. The van der Waals surface area contributed by atoms with Gasteiger partial charge in [0.1, 0.15) is 0 Å². The molecule has 10 nitrogen and oxygen atoms in total. The maximum atomic E-state index is 11.9. The fourth-order valence-electron chi connectivity index (χ4n) is 1.64. The number of carbonyl (C=O) groups excluding carboxylic acids is 1. The lowest BCUT2D eigenvalue weighted by Crippen LogP contribution is -2.51. The Labute approximate surface area is 113 Å². The van der Waals surface area contributed by atoms with Crippen LogP contribution >= 0.6 is 0 Å². The van der Waals surface area contributed by atoms with Crippen molar-refractivity contribution in [3.63, 3.8) is 0 Å². The van der Waals surface area contributed by atoms with E-state index in [0.717, 1.165) is 0 Å². The van der Waals surface area contributed by atoms with Gasteiger partial charge >= 0.3 is 17.9 Å². The van der Waals surface area contributed by atoms with E-state index in [1.54, 1.807) is 0 Å². The molecule has 0 fully saturated rings. The molecular weight excluding hydrogens is 274 g/mol. The Bertz CT molecular complexity index is 356. The fourth-order valence-corrected chi connectivity index (χ4v) is 1.64. The van der Waals surface area contributed by atoms with E-state index < -0.39 is 48.5 Å². The van der Waals surface area contributed by atoms with Gasteiger partial charge in [-0.05, 0) is 0 Å². The van der Waals surface area contributed by atoms with Crippen LogP contribution in [0.15, 0.2) is 0 Å². The van der Waals surface area contributed by atoms with Crippen molar-refractivity contribution in [3.05, 3.63) is 0 Å². The van der Waals surface area contributed by atoms with Gasteiger partial charge in [-0.25, -0.2) is 5.43 Å². The second kappa shape index (κ2) is 8.07. The van der Waals surface area contributed by atoms with Gasteiger partial charge in [0, 0.05) is 13.1 Å². The highest BCUT2D eigenvalue weighted by Crippen LogP contribution is 2.31. The third kappa shape index (κ3) is 6.11. The molecule has 7 N–H and O–H groups in total. The van der Waals surface area contributed by atoms with Crippen molar-refractivity contribution in [1.82, 2.24) is 10.9 Å². The first kappa shape index (κ1) is 17.8. The normalized spacial score (nSPS) is 10.8. The fraction of sp³-hybridized carbons (Fsp3) is 0.600. The molecule has 0 atom stereocenters. The summed E-state index contributed by atoms with van der Waals surface area (Å²) in [6.45, 7) is 0.332. The molecule has 0 aliphatic rings. The van der Waals surface area contributed by atoms with Crippen LogP contribution < -0.4 is 16.6 Å². The van der Waals surface area contributed by atoms with E-state index >= 15 is 0 Å². The average molecular weight is 291 g/mol. The Morgan fingerprint density at radius 3 is 1.60 bits per heavy atom. The second-order valence-electron chi connectivity index (χ2n) is 4.16. The Hall–Kier alpha value is -2.20. The highest BCUT2D eigenvalue weighted by Gasteiger charge is 2.44. The van der Waals surface area contributed by atoms with Crippen molar-refractivity contribution in [2.24, 2.45) is 11.1 Å². The number of hydrazine groups is 1. The molecule has 0 aromatic heterocycles. The van der Waals surface area contributed by atoms with Crippen LogP contribution in [0.25, 0.3) is 0 Å². The minimum Gasteiger partial charge on any atom is -0.481 e. The molecule has 0 aromatic rings. The molecule has 0 spiro atoms. The lowest BCUT2D eigenvalue weighted by molar-refractivity contribution is -0.155. The van der Waals surface area contributed by atoms with Crippen LogP contribution in [-0.2, 0) is 19.2 Å². The van der Waals surface area contributed by atoms with Crippen LogP contribution in [0.4, 0.5) is 0 Å². The number of carboxylic acid groups (broad SMARTS) is 3. The first-order chi connectivity index (χ1) is 9.23. The van der Waals surface area contributed by atoms with Crippen LogP contribution in [0.5, 0.6) is 0 Å². The van der Waals surface area contributed by atoms with Crippen LogP contribution in [0.2, 0.25) is 0 Å². The SMILES string of the molecule is NCCNNC(=O)C(CC(=O)O)(CC(=O)O)CC(=O)O. The summed E-state index contributed by atoms with van der Waals surface area (Å²) < 4.78 is 0. The molecule has 20 heavy (non-hydrogen) atoms. The van der Waals surface area contributed by atoms with E-state index in [9.17, 15) is 19.2 Å². The molecule has 0 unspecified atom stereocenters. The first-order valence-corrected chi connectivity index (χ1v) is 5.62. The smallest absolute Gasteiger partial charge is 0.304 e. The number of hydrogen-bond acceptors (Lipinski definition) is 6. The molecular formula is C10H17N3O7. The van der Waals surface area contributed by atoms with Gasteiger partial charge in [0.05, 0.1) is 24.7 Å². The van der Waals surface area contributed by atoms with E-state index in [1.807, 2.05) is 0 Å². The molecule has 0 saturated carbocycles. The Morgan fingerprint density at radius 2 is 1.30 bits per heavy atom. The molecule has 0 bridgehead atoms. The van der Waals surface area contributed by atoms with Crippen molar-refractivity contribution in [2.75, 3.05) is 13.1 Å². The number of aliphatic carboxylic acids is 3. The molecule has 114 valence electrons. The van der Waals surface area contributed by atoms with Crippen LogP contribution in [0.3, 0.4) is 0 Å². The molecule has 0 saturated heterocycles. The van der Waals surface area contributed by atoms with Gasteiger partial charge in [-0.2, -0.15) is 0 Å². The van der Waals surface area contributed by atoms with E-state index in [1.165, 1.54) is 0 Å². The van der Waals surface area contributed by atoms with Crippen LogP contribution in [-0.4, -0.2) is 52.2 Å². The highest BCUT2D eigenvalue weighted by molar-refractivity contribution is 5.93. The van der Waals surface area contributed by atoms with Gasteiger partial charge in [0.25, 0.3) is 0 Å². The molecule has 0 rings (SSSR count). The van der Waals surface area contributed by atoms with Gasteiger partial charge in [-0.1, -0.05) is 0 Å². The van der Waals surface area contributed by atoms with Crippen LogP contribution in [0, 0.1) is 5.41 Å². The topological polar surface area (TPSA) is 179 Å². The summed E-state index contributed by atoms with van der Waals surface area (Å²) in [6, 6.07) is 0. The maximum Gasteiger partial charge on any atom is 0.304 e. The summed E-state index contributed by atoms with van der Waals surface area (Å²) in [5.41, 5.74) is 7.53. The number of nitrogens with two attached hydrogens (primary N) is 1. The summed E-state index contributed by atoms with van der Waals surface area (Å²) >= 11 is 0. The lowest BCUT2D eigenvalue weighted by Gasteiger charge is -2.27. The highest BCUT2D eigenvalue weighted by atomic mass is 16.4. The number of amides is 1. The number of carboxylic acids is 3. The van der Waals surface area contributed by atoms with E-state index in [4.69, 9.17) is 21.1 Å². The molecule has 0 aliphatic carbocycles. The zero-order valence-electron chi connectivity index (χ0n) is 10.6. The quantitative estimate of drug-likeness (QED) is 0.195. The summed E-state index contributed by atoms with van der Waals surface area (Å²) in [5, 5.41) is 26.4. The third-order valence-electron chi connectivity index (χ3n) is 2.42. The van der Waals surface area contributed by atoms with Gasteiger partial charge < -0.3 is 21.1 Å². The number of nitrogens with one attached hydrogen (secondary N) is 2. The van der Waals surface area contributed by atoms with Crippen molar-refractivity contribution in [3.8, 4) is 0 Å². The summed E-state index contributed by atoms with van der Waals surface area (Å²) in [4.78, 5) is 44.4. The lowest BCUT2D eigenvalue weighted by atomic mass is 9.77. The zero-order chi connectivity index (χ0) is 15.8. The molecule has 0 aromatic carbocycles. The third-order valence-corrected chi connectivity index (χ3v) is 2.42. The predicted molar refractivity (Wildman–Crippen MR) is 64.4 cm³/mol. The summed E-state index contributed by atoms with van der Waals surface area (Å²) in [5.74, 6) is -5.43. The second-order valence-corrected chi connectivity index (χ2v) is 4.16. The molecule has 10 heteroatoms. The summed E-state index contributed by atoms with van der Waals surface area (Å²) in [7, 11) is 0. The van der Waals surface area contributed by atoms with E-state index in [0.29, 0.717) is 0 Å². The molecule has 0 heterocycles. The molecule has 1 amide bonds. The average Bonchev–Trinajstić information content (AvgIpc) is 2.25. The number of carbonyl (C=O) groups is 4. The van der Waals surface area contributed by atoms with Crippen molar-refractivity contribution in [2.45, 2.75) is 19.3 Å². The first-order valence-electron chi connectivity index (χ1n) is 5.62. The Balaban J connectivity index is 5.22. The summed E-state index contributed by atoms with van der Waals surface area (Å²) in [6.07, 6.45) is -2.74. The number of rotatable bonds is 10. The zero-order valence-corrected chi connectivity index (χ0v) is 10.6. The van der Waals surface area contributed by atoms with Crippen molar-refractivity contribution < 1.29 is 34.5 Å². The van der Waals surface area contributed by atoms with Crippen molar-refractivity contribution in [1.29, 1.82) is 0 Å². The minimum absolute atomic E-state index is 0.162. The maximum absolute atomic E-state index is 11.9. The van der Waals surface area contributed by atoms with E-state index in [2.05, 4.69) is 10.9 Å². The van der Waals surface area contributed by atoms with Crippen molar-refractivity contribution >= 4 is 23.8 Å². The van der Waals surface area contributed by atoms with Gasteiger partial charge in [-0.15, -0.1) is 0 Å². The monoisotopic (exact) mass is 291 g/mol. The van der Waals surface area contributed by atoms with Gasteiger partial charge in [-0.3, -0.25) is 24.6 Å². The molecule has 0 aliphatic heterocycles.